The summed E-state index contributed by atoms with van der Waals surface area (Å²) in [5, 5.41) is 0. The SMILES string of the molecule is C=CCCc1ccc(-c2cc(F)c(C(F)(F)Oc3ccc(C#Cc4cc(F)c(C(F)(F)F)c(F)c4)c(F)c3)c(F)c2)nc1. The molecule has 43 heavy (non-hydrogen) atoms. The van der Waals surface area contributed by atoms with E-state index in [-0.39, 0.29) is 11.3 Å². The van der Waals surface area contributed by atoms with Gasteiger partial charge in [0.2, 0.25) is 0 Å². The highest BCUT2D eigenvalue weighted by Crippen LogP contribution is 2.37. The Labute approximate surface area is 238 Å². The monoisotopic (exact) mass is 609 g/mol. The number of ether oxygens (including phenoxy) is 1. The van der Waals surface area contributed by atoms with Gasteiger partial charge in [-0.1, -0.05) is 24.0 Å². The van der Waals surface area contributed by atoms with Gasteiger partial charge in [-0.15, -0.1) is 6.58 Å². The summed E-state index contributed by atoms with van der Waals surface area (Å²) in [5.41, 5.74) is -4.12. The first-order valence-corrected chi connectivity index (χ1v) is 12.2. The van der Waals surface area contributed by atoms with Gasteiger partial charge in [-0.2, -0.15) is 22.0 Å². The Morgan fingerprint density at radius 3 is 1.91 bits per heavy atom. The quantitative estimate of drug-likeness (QED) is 0.119. The number of benzene rings is 3. The molecule has 0 radical (unpaired) electrons. The van der Waals surface area contributed by atoms with Crippen molar-refractivity contribution < 1.29 is 48.6 Å². The molecule has 0 aliphatic carbocycles. The minimum atomic E-state index is -5.30. The van der Waals surface area contributed by atoms with E-state index in [1.54, 1.807) is 12.1 Å². The van der Waals surface area contributed by atoms with Crippen molar-refractivity contribution in [2.45, 2.75) is 25.1 Å². The number of rotatable bonds is 7. The maximum Gasteiger partial charge on any atom is 0.432 e. The van der Waals surface area contributed by atoms with Crippen LogP contribution in [0.3, 0.4) is 0 Å². The van der Waals surface area contributed by atoms with E-state index in [4.69, 9.17) is 0 Å². The van der Waals surface area contributed by atoms with Gasteiger partial charge in [-0.25, -0.2) is 22.0 Å². The topological polar surface area (TPSA) is 22.1 Å². The van der Waals surface area contributed by atoms with Gasteiger partial charge in [-0.05, 0) is 60.9 Å². The van der Waals surface area contributed by atoms with Crippen molar-refractivity contribution >= 4 is 0 Å². The normalized spacial score (nSPS) is 11.6. The summed E-state index contributed by atoms with van der Waals surface area (Å²) in [6, 6.07) is 7.00. The number of halogens is 10. The Morgan fingerprint density at radius 1 is 0.744 bits per heavy atom. The average molecular weight is 609 g/mol. The lowest BCUT2D eigenvalue weighted by Crippen LogP contribution is -2.25. The van der Waals surface area contributed by atoms with Crippen LogP contribution in [0.25, 0.3) is 11.3 Å². The standard InChI is InChI=1S/C31H17F10NO/c1-2-3-4-17-6-10-27(42-16-17)20-13-25(35)29(26(36)14-20)31(40,41)43-21-9-8-19(22(32)15-21)7-5-18-11-23(33)28(24(34)12-18)30(37,38)39/h2,6,8-16H,1,3-4H2. The van der Waals surface area contributed by atoms with Crippen LogP contribution in [0.2, 0.25) is 0 Å². The van der Waals surface area contributed by atoms with E-state index in [2.05, 4.69) is 28.1 Å². The molecule has 12 heteroatoms. The highest BCUT2D eigenvalue weighted by atomic mass is 19.4. The summed E-state index contributed by atoms with van der Waals surface area (Å²) in [4.78, 5) is 4.10. The first-order valence-electron chi connectivity index (χ1n) is 12.2. The molecule has 0 atom stereocenters. The number of nitrogens with zero attached hydrogens (tertiary/aromatic N) is 1. The van der Waals surface area contributed by atoms with Gasteiger partial charge in [0.1, 0.15) is 46.0 Å². The van der Waals surface area contributed by atoms with Crippen LogP contribution >= 0.6 is 0 Å². The lowest BCUT2D eigenvalue weighted by Gasteiger charge is -2.20. The van der Waals surface area contributed by atoms with Gasteiger partial charge in [-0.3, -0.25) is 4.98 Å². The summed E-state index contributed by atoms with van der Waals surface area (Å²) in [6.07, 6.45) is -5.41. The molecule has 0 bridgehead atoms. The molecule has 222 valence electrons. The van der Waals surface area contributed by atoms with Crippen LogP contribution in [0.15, 0.2) is 73.4 Å². The van der Waals surface area contributed by atoms with Gasteiger partial charge in [0.15, 0.2) is 0 Å². The number of hydrogen-bond acceptors (Lipinski definition) is 2. The third-order valence-electron chi connectivity index (χ3n) is 5.94. The zero-order chi connectivity index (χ0) is 31.5. The van der Waals surface area contributed by atoms with Crippen LogP contribution in [0.5, 0.6) is 5.75 Å². The lowest BCUT2D eigenvalue weighted by atomic mass is 10.0. The van der Waals surface area contributed by atoms with Crippen molar-refractivity contribution in [1.29, 1.82) is 0 Å². The Hall–Kier alpha value is -4.79. The molecule has 0 amide bonds. The molecule has 1 aromatic heterocycles. The minimum absolute atomic E-state index is 0.119. The molecule has 0 unspecified atom stereocenters. The predicted octanol–water partition coefficient (Wildman–Crippen LogP) is 9.11. The second kappa shape index (κ2) is 12.2. The van der Waals surface area contributed by atoms with Crippen molar-refractivity contribution in [3.63, 3.8) is 0 Å². The van der Waals surface area contributed by atoms with E-state index in [0.717, 1.165) is 17.7 Å². The second-order valence-electron chi connectivity index (χ2n) is 9.02. The Bertz CT molecular complexity index is 1690. The summed E-state index contributed by atoms with van der Waals surface area (Å²) in [6.45, 7) is 3.61. The van der Waals surface area contributed by atoms with Crippen LogP contribution in [0.4, 0.5) is 43.9 Å². The summed E-state index contributed by atoms with van der Waals surface area (Å²) >= 11 is 0. The van der Waals surface area contributed by atoms with E-state index in [1.165, 1.54) is 12.3 Å². The molecule has 0 N–H and O–H groups in total. The van der Waals surface area contributed by atoms with Crippen molar-refractivity contribution in [3.05, 3.63) is 130 Å². The molecule has 1 heterocycles. The van der Waals surface area contributed by atoms with Crippen molar-refractivity contribution in [1.82, 2.24) is 4.98 Å². The average Bonchev–Trinajstić information content (AvgIpc) is 2.89. The van der Waals surface area contributed by atoms with Crippen LogP contribution in [-0.2, 0) is 18.7 Å². The molecule has 4 aromatic rings. The fourth-order valence-corrected chi connectivity index (χ4v) is 3.93. The number of pyridine rings is 1. The minimum Gasteiger partial charge on any atom is -0.429 e. The highest BCUT2D eigenvalue weighted by Gasteiger charge is 2.41. The molecule has 0 saturated heterocycles. The molecule has 4 rings (SSSR count). The maximum atomic E-state index is 14.8. The lowest BCUT2D eigenvalue weighted by molar-refractivity contribution is -0.189. The van der Waals surface area contributed by atoms with Gasteiger partial charge < -0.3 is 4.74 Å². The van der Waals surface area contributed by atoms with Gasteiger partial charge >= 0.3 is 12.3 Å². The summed E-state index contributed by atoms with van der Waals surface area (Å²) < 4.78 is 144. The third kappa shape index (κ3) is 7.17. The Kier molecular flexibility index (Phi) is 8.85. The Balaban J connectivity index is 1.54. The van der Waals surface area contributed by atoms with Crippen LogP contribution in [0.1, 0.15) is 34.2 Å². The molecule has 2 nitrogen and oxygen atoms in total. The highest BCUT2D eigenvalue weighted by molar-refractivity contribution is 5.60. The van der Waals surface area contributed by atoms with Crippen molar-refractivity contribution in [2.24, 2.45) is 0 Å². The predicted molar refractivity (Wildman–Crippen MR) is 136 cm³/mol. The van der Waals surface area contributed by atoms with Gasteiger partial charge in [0.25, 0.3) is 0 Å². The first kappa shape index (κ1) is 31.2. The van der Waals surface area contributed by atoms with Crippen molar-refractivity contribution in [2.75, 3.05) is 0 Å². The van der Waals surface area contributed by atoms with Crippen LogP contribution in [0, 0.1) is 40.9 Å². The molecular weight excluding hydrogens is 592 g/mol. The molecule has 0 fully saturated rings. The van der Waals surface area contributed by atoms with Crippen LogP contribution < -0.4 is 4.74 Å². The van der Waals surface area contributed by atoms with E-state index < -0.39 is 69.4 Å². The maximum absolute atomic E-state index is 14.8. The Morgan fingerprint density at radius 2 is 1.37 bits per heavy atom. The second-order valence-corrected chi connectivity index (χ2v) is 9.02. The molecule has 0 spiro atoms. The van der Waals surface area contributed by atoms with E-state index in [1.807, 2.05) is 0 Å². The first-order chi connectivity index (χ1) is 20.2. The number of alkyl halides is 5. The molecule has 3 aromatic carbocycles. The number of aryl methyl sites for hydroxylation is 1. The van der Waals surface area contributed by atoms with Gasteiger partial charge in [0.05, 0.1) is 11.3 Å². The third-order valence-corrected chi connectivity index (χ3v) is 5.94. The number of hydrogen-bond donors (Lipinski definition) is 0. The fourth-order valence-electron chi connectivity index (χ4n) is 3.93. The van der Waals surface area contributed by atoms with E-state index in [0.29, 0.717) is 43.2 Å². The largest absolute Gasteiger partial charge is 0.432 e. The molecule has 0 saturated carbocycles. The molecule has 0 aliphatic heterocycles. The molecular formula is C31H17F10NO. The smallest absolute Gasteiger partial charge is 0.429 e. The van der Waals surface area contributed by atoms with Gasteiger partial charge in [0, 0.05) is 23.4 Å². The zero-order valence-corrected chi connectivity index (χ0v) is 21.6. The van der Waals surface area contributed by atoms with E-state index >= 15 is 0 Å². The number of aromatic nitrogens is 1. The fraction of sp³-hybridized carbons (Fsp3) is 0.129. The summed E-state index contributed by atoms with van der Waals surface area (Å²) in [5.74, 6) is -5.17. The summed E-state index contributed by atoms with van der Waals surface area (Å²) in [7, 11) is 0. The van der Waals surface area contributed by atoms with E-state index in [9.17, 15) is 43.9 Å². The zero-order valence-electron chi connectivity index (χ0n) is 21.6. The van der Waals surface area contributed by atoms with Crippen LogP contribution in [-0.4, -0.2) is 4.98 Å². The number of allylic oxidation sites excluding steroid dienone is 1. The van der Waals surface area contributed by atoms with Crippen molar-refractivity contribution in [3.8, 4) is 28.8 Å². The molecule has 0 aliphatic rings.